The van der Waals surface area contributed by atoms with Gasteiger partial charge in [0, 0.05) is 10.9 Å². The van der Waals surface area contributed by atoms with Crippen LogP contribution in [0.25, 0.3) is 11.0 Å². The van der Waals surface area contributed by atoms with Crippen molar-refractivity contribution in [2.24, 2.45) is 0 Å². The maximum atomic E-state index is 13.0. The molecule has 0 spiro atoms. The number of nitrogens with one attached hydrogen (secondary N) is 2. The van der Waals surface area contributed by atoms with E-state index in [0.717, 1.165) is 0 Å². The van der Waals surface area contributed by atoms with Crippen LogP contribution in [0.4, 0.5) is 11.4 Å². The summed E-state index contributed by atoms with van der Waals surface area (Å²) in [6.07, 6.45) is 0. The van der Waals surface area contributed by atoms with Crippen molar-refractivity contribution in [3.05, 3.63) is 90.2 Å². The van der Waals surface area contributed by atoms with Crippen LogP contribution in [-0.2, 0) is 0 Å². The maximum Gasteiger partial charge on any atom is 0.293 e. The SMILES string of the molecule is COc1ccccc1NC(=O)c1oc2ccccc2c1NC(=O)c1ccccc1. The van der Waals surface area contributed by atoms with Gasteiger partial charge in [-0.25, -0.2) is 0 Å². The monoisotopic (exact) mass is 386 g/mol. The first-order valence-corrected chi connectivity index (χ1v) is 8.99. The third-order valence-corrected chi connectivity index (χ3v) is 4.43. The largest absolute Gasteiger partial charge is 0.495 e. The third kappa shape index (κ3) is 3.68. The summed E-state index contributed by atoms with van der Waals surface area (Å²) in [6, 6.07) is 23.0. The molecule has 0 aliphatic heterocycles. The van der Waals surface area contributed by atoms with Gasteiger partial charge in [0.1, 0.15) is 17.0 Å². The fourth-order valence-corrected chi connectivity index (χ4v) is 3.03. The van der Waals surface area contributed by atoms with Crippen molar-refractivity contribution in [2.75, 3.05) is 17.7 Å². The second-order valence-corrected chi connectivity index (χ2v) is 6.28. The topological polar surface area (TPSA) is 80.6 Å². The summed E-state index contributed by atoms with van der Waals surface area (Å²) in [5.41, 5.74) is 1.80. The van der Waals surface area contributed by atoms with Gasteiger partial charge in [0.15, 0.2) is 0 Å². The molecule has 0 saturated carbocycles. The number of hydrogen-bond acceptors (Lipinski definition) is 4. The number of benzene rings is 3. The number of anilines is 2. The molecule has 0 unspecified atom stereocenters. The number of para-hydroxylation sites is 3. The highest BCUT2D eigenvalue weighted by atomic mass is 16.5. The zero-order valence-corrected chi connectivity index (χ0v) is 15.6. The van der Waals surface area contributed by atoms with E-state index in [4.69, 9.17) is 9.15 Å². The minimum atomic E-state index is -0.492. The van der Waals surface area contributed by atoms with Gasteiger partial charge < -0.3 is 19.8 Å². The lowest BCUT2D eigenvalue weighted by molar-refractivity contribution is 0.0999. The van der Waals surface area contributed by atoms with Gasteiger partial charge in [0.05, 0.1) is 12.8 Å². The van der Waals surface area contributed by atoms with Crippen molar-refractivity contribution in [1.82, 2.24) is 0 Å². The van der Waals surface area contributed by atoms with Crippen LogP contribution < -0.4 is 15.4 Å². The van der Waals surface area contributed by atoms with Crippen LogP contribution in [0.15, 0.2) is 83.3 Å². The number of furan rings is 1. The molecule has 0 bridgehead atoms. The van der Waals surface area contributed by atoms with E-state index in [0.29, 0.717) is 33.7 Å². The quantitative estimate of drug-likeness (QED) is 0.509. The Bertz CT molecular complexity index is 1180. The van der Waals surface area contributed by atoms with Crippen LogP contribution in [0.3, 0.4) is 0 Å². The molecule has 3 aromatic carbocycles. The molecule has 6 nitrogen and oxygen atoms in total. The van der Waals surface area contributed by atoms with E-state index >= 15 is 0 Å². The van der Waals surface area contributed by atoms with Crippen LogP contribution in [0.1, 0.15) is 20.9 Å². The first kappa shape index (κ1) is 18.3. The molecule has 2 amide bonds. The molecule has 0 radical (unpaired) electrons. The Labute approximate surface area is 167 Å². The maximum absolute atomic E-state index is 13.0. The number of rotatable bonds is 5. The minimum absolute atomic E-state index is 0.0152. The highest BCUT2D eigenvalue weighted by molar-refractivity contribution is 6.17. The summed E-state index contributed by atoms with van der Waals surface area (Å²) in [6.45, 7) is 0. The van der Waals surface area contributed by atoms with Crippen LogP contribution in [0, 0.1) is 0 Å². The molecular formula is C23H18N2O4. The Morgan fingerprint density at radius 3 is 2.28 bits per heavy atom. The highest BCUT2D eigenvalue weighted by Crippen LogP contribution is 2.33. The fourth-order valence-electron chi connectivity index (χ4n) is 3.03. The molecule has 0 aliphatic rings. The van der Waals surface area contributed by atoms with Gasteiger partial charge in [0.2, 0.25) is 5.76 Å². The summed E-state index contributed by atoms with van der Waals surface area (Å²) in [7, 11) is 1.53. The second-order valence-electron chi connectivity index (χ2n) is 6.28. The Morgan fingerprint density at radius 1 is 0.793 bits per heavy atom. The van der Waals surface area contributed by atoms with Gasteiger partial charge in [-0.15, -0.1) is 0 Å². The van der Waals surface area contributed by atoms with Crippen molar-refractivity contribution in [3.63, 3.8) is 0 Å². The molecule has 0 atom stereocenters. The van der Waals surface area contributed by atoms with Crippen LogP contribution in [-0.4, -0.2) is 18.9 Å². The van der Waals surface area contributed by atoms with Gasteiger partial charge in [-0.2, -0.15) is 0 Å². The Kier molecular flexibility index (Phi) is 4.99. The number of carbonyl (C=O) groups excluding carboxylic acids is 2. The van der Waals surface area contributed by atoms with E-state index in [1.54, 1.807) is 66.7 Å². The summed E-state index contributed by atoms with van der Waals surface area (Å²) in [5.74, 6) is -0.286. The predicted molar refractivity (Wildman–Crippen MR) is 112 cm³/mol. The number of hydrogen-bond donors (Lipinski definition) is 2. The number of methoxy groups -OCH3 is 1. The van der Waals surface area contributed by atoms with E-state index in [2.05, 4.69) is 10.6 Å². The van der Waals surface area contributed by atoms with E-state index < -0.39 is 5.91 Å². The molecule has 0 fully saturated rings. The molecule has 0 saturated heterocycles. The van der Waals surface area contributed by atoms with E-state index in [-0.39, 0.29) is 11.7 Å². The van der Waals surface area contributed by atoms with Crippen molar-refractivity contribution in [1.29, 1.82) is 0 Å². The Morgan fingerprint density at radius 2 is 1.48 bits per heavy atom. The van der Waals surface area contributed by atoms with Crippen LogP contribution in [0.5, 0.6) is 5.75 Å². The number of carbonyl (C=O) groups is 2. The highest BCUT2D eigenvalue weighted by Gasteiger charge is 2.23. The zero-order valence-electron chi connectivity index (χ0n) is 15.6. The van der Waals surface area contributed by atoms with Crippen molar-refractivity contribution in [3.8, 4) is 5.75 Å². The molecule has 4 aromatic rings. The minimum Gasteiger partial charge on any atom is -0.495 e. The number of fused-ring (bicyclic) bond motifs is 1. The molecule has 1 heterocycles. The average molecular weight is 386 g/mol. The average Bonchev–Trinajstić information content (AvgIpc) is 3.13. The summed E-state index contributed by atoms with van der Waals surface area (Å²) in [4.78, 5) is 25.7. The molecule has 6 heteroatoms. The van der Waals surface area contributed by atoms with Crippen molar-refractivity contribution >= 4 is 34.2 Å². The fraction of sp³-hybridized carbons (Fsp3) is 0.0435. The van der Waals surface area contributed by atoms with Gasteiger partial charge in [-0.05, 0) is 36.4 Å². The summed E-state index contributed by atoms with van der Waals surface area (Å²) in [5, 5.41) is 6.24. The van der Waals surface area contributed by atoms with E-state index in [1.165, 1.54) is 7.11 Å². The second kappa shape index (κ2) is 7.90. The summed E-state index contributed by atoms with van der Waals surface area (Å²) >= 11 is 0. The van der Waals surface area contributed by atoms with E-state index in [9.17, 15) is 9.59 Å². The lowest BCUT2D eigenvalue weighted by Crippen LogP contribution is -2.17. The lowest BCUT2D eigenvalue weighted by Gasteiger charge is -2.10. The van der Waals surface area contributed by atoms with Gasteiger partial charge in [-0.1, -0.05) is 42.5 Å². The van der Waals surface area contributed by atoms with Crippen LogP contribution in [0.2, 0.25) is 0 Å². The van der Waals surface area contributed by atoms with Gasteiger partial charge in [-0.3, -0.25) is 9.59 Å². The summed E-state index contributed by atoms with van der Waals surface area (Å²) < 4.78 is 11.1. The van der Waals surface area contributed by atoms with Crippen molar-refractivity contribution < 1.29 is 18.7 Å². The number of ether oxygens (including phenoxy) is 1. The Balaban J connectivity index is 1.71. The molecule has 0 aliphatic carbocycles. The third-order valence-electron chi connectivity index (χ3n) is 4.43. The van der Waals surface area contributed by atoms with Gasteiger partial charge >= 0.3 is 0 Å². The molecule has 144 valence electrons. The molecular weight excluding hydrogens is 368 g/mol. The standard InChI is InChI=1S/C23H18N2O4/c1-28-19-14-8-6-12-17(19)24-23(27)21-20(16-11-5-7-13-18(16)29-21)25-22(26)15-9-3-2-4-10-15/h2-14H,1H3,(H,24,27)(H,25,26). The first-order chi connectivity index (χ1) is 14.2. The molecule has 29 heavy (non-hydrogen) atoms. The lowest BCUT2D eigenvalue weighted by atomic mass is 10.1. The smallest absolute Gasteiger partial charge is 0.293 e. The first-order valence-electron chi connectivity index (χ1n) is 8.99. The Hall–Kier alpha value is -4.06. The number of amides is 2. The molecule has 1 aromatic heterocycles. The normalized spacial score (nSPS) is 10.5. The predicted octanol–water partition coefficient (Wildman–Crippen LogP) is 4.95. The van der Waals surface area contributed by atoms with Gasteiger partial charge in [0.25, 0.3) is 11.8 Å². The van der Waals surface area contributed by atoms with Crippen molar-refractivity contribution in [2.45, 2.75) is 0 Å². The molecule has 4 rings (SSSR count). The molecule has 2 N–H and O–H groups in total. The zero-order chi connectivity index (χ0) is 20.2. The van der Waals surface area contributed by atoms with E-state index in [1.807, 2.05) is 12.1 Å². The van der Waals surface area contributed by atoms with Crippen LogP contribution >= 0.6 is 0 Å².